The molecule has 0 aliphatic carbocycles. The van der Waals surface area contributed by atoms with Gasteiger partial charge in [0.05, 0.1) is 0 Å². The topological polar surface area (TPSA) is 18.5 Å². The lowest BCUT2D eigenvalue weighted by Crippen LogP contribution is -2.18. The summed E-state index contributed by atoms with van der Waals surface area (Å²) in [5, 5.41) is 0. The lowest BCUT2D eigenvalue weighted by molar-refractivity contribution is -0.147. The van der Waals surface area contributed by atoms with E-state index in [1.54, 1.807) is 0 Å². The van der Waals surface area contributed by atoms with Crippen molar-refractivity contribution in [1.82, 2.24) is 0 Å². The third kappa shape index (κ3) is 14.3. The van der Waals surface area contributed by atoms with Gasteiger partial charge in [0.25, 0.3) is 0 Å². The molecule has 0 atom stereocenters. The predicted octanol–water partition coefficient (Wildman–Crippen LogP) is 6.09. The summed E-state index contributed by atoms with van der Waals surface area (Å²) in [6.07, 6.45) is 15.2. The van der Waals surface area contributed by atoms with E-state index >= 15 is 0 Å². The molecular weight excluding hydrogens is 248 g/mol. The van der Waals surface area contributed by atoms with Crippen LogP contribution in [0.3, 0.4) is 0 Å². The van der Waals surface area contributed by atoms with E-state index in [1.807, 2.05) is 0 Å². The van der Waals surface area contributed by atoms with Gasteiger partial charge in [-0.2, -0.15) is 0 Å². The predicted molar refractivity (Wildman–Crippen MR) is 88.1 cm³/mol. The number of ether oxygens (including phenoxy) is 2. The van der Waals surface area contributed by atoms with E-state index in [0.29, 0.717) is 0 Å². The molecule has 0 saturated heterocycles. The molecule has 0 amide bonds. The molecule has 0 bridgehead atoms. The fraction of sp³-hybridized carbons (Fsp3) is 1.00. The Kier molecular flexibility index (Phi) is 16.9. The number of unbranched alkanes of at least 4 members (excludes halogenated alkanes) is 8. The number of hydrogen-bond acceptors (Lipinski definition) is 2. The van der Waals surface area contributed by atoms with Crippen LogP contribution in [0.5, 0.6) is 0 Å². The van der Waals surface area contributed by atoms with Crippen molar-refractivity contribution in [2.24, 2.45) is 0 Å². The molecule has 0 aromatic rings. The van der Waals surface area contributed by atoms with Crippen LogP contribution in [0.1, 0.15) is 97.8 Å². The van der Waals surface area contributed by atoms with Crippen LogP contribution in [0.2, 0.25) is 0 Å². The molecule has 0 heterocycles. The average molecular weight is 286 g/mol. The second-order valence-corrected chi connectivity index (χ2v) is 5.79. The van der Waals surface area contributed by atoms with Gasteiger partial charge in [0, 0.05) is 13.2 Å². The monoisotopic (exact) mass is 286 g/mol. The first-order chi connectivity index (χ1) is 9.85. The van der Waals surface area contributed by atoms with Gasteiger partial charge in [-0.25, -0.2) is 0 Å². The highest BCUT2D eigenvalue weighted by Gasteiger charge is 2.07. The van der Waals surface area contributed by atoms with Crippen LogP contribution in [0, 0.1) is 0 Å². The van der Waals surface area contributed by atoms with E-state index in [2.05, 4.69) is 20.8 Å². The normalized spacial score (nSPS) is 11.4. The molecule has 20 heavy (non-hydrogen) atoms. The Bertz CT molecular complexity index is 155. The van der Waals surface area contributed by atoms with E-state index in [-0.39, 0.29) is 6.29 Å². The van der Waals surface area contributed by atoms with Crippen LogP contribution < -0.4 is 0 Å². The Labute approximate surface area is 127 Å². The SMILES string of the molecule is CCCCCCCOC(CCC)OCCCCCCC. The van der Waals surface area contributed by atoms with Gasteiger partial charge in [0.2, 0.25) is 0 Å². The second kappa shape index (κ2) is 17.0. The molecule has 0 N–H and O–H groups in total. The summed E-state index contributed by atoms with van der Waals surface area (Å²) in [6, 6.07) is 0. The van der Waals surface area contributed by atoms with Gasteiger partial charge in [0.15, 0.2) is 6.29 Å². The van der Waals surface area contributed by atoms with Gasteiger partial charge in [-0.3, -0.25) is 0 Å². The fourth-order valence-electron chi connectivity index (χ4n) is 2.29. The number of hydrogen-bond donors (Lipinski definition) is 0. The van der Waals surface area contributed by atoms with Gasteiger partial charge in [0.1, 0.15) is 0 Å². The first-order valence-corrected chi connectivity index (χ1v) is 9.08. The van der Waals surface area contributed by atoms with Crippen LogP contribution >= 0.6 is 0 Å². The van der Waals surface area contributed by atoms with Crippen molar-refractivity contribution in [3.8, 4) is 0 Å². The zero-order valence-electron chi connectivity index (χ0n) is 14.3. The molecule has 0 aliphatic rings. The van der Waals surface area contributed by atoms with Crippen molar-refractivity contribution < 1.29 is 9.47 Å². The van der Waals surface area contributed by atoms with E-state index in [9.17, 15) is 0 Å². The molecule has 0 radical (unpaired) electrons. The highest BCUT2D eigenvalue weighted by molar-refractivity contribution is 4.48. The zero-order chi connectivity index (χ0) is 14.9. The summed E-state index contributed by atoms with van der Waals surface area (Å²) in [6.45, 7) is 8.43. The highest BCUT2D eigenvalue weighted by Crippen LogP contribution is 2.09. The smallest absolute Gasteiger partial charge is 0.157 e. The van der Waals surface area contributed by atoms with E-state index in [0.717, 1.165) is 26.1 Å². The second-order valence-electron chi connectivity index (χ2n) is 5.79. The van der Waals surface area contributed by atoms with Gasteiger partial charge in [-0.15, -0.1) is 0 Å². The Hall–Kier alpha value is -0.0800. The molecule has 0 aromatic carbocycles. The molecule has 0 rings (SSSR count). The van der Waals surface area contributed by atoms with Crippen LogP contribution in [-0.2, 0) is 9.47 Å². The minimum atomic E-state index is 0.0392. The highest BCUT2D eigenvalue weighted by atomic mass is 16.7. The van der Waals surface area contributed by atoms with Crippen molar-refractivity contribution >= 4 is 0 Å². The van der Waals surface area contributed by atoms with Crippen molar-refractivity contribution in [3.63, 3.8) is 0 Å². The minimum Gasteiger partial charge on any atom is -0.353 e. The summed E-state index contributed by atoms with van der Waals surface area (Å²) in [5.74, 6) is 0. The van der Waals surface area contributed by atoms with Gasteiger partial charge in [-0.1, -0.05) is 78.6 Å². The van der Waals surface area contributed by atoms with Crippen molar-refractivity contribution in [1.29, 1.82) is 0 Å². The van der Waals surface area contributed by atoms with Gasteiger partial charge < -0.3 is 9.47 Å². The maximum atomic E-state index is 5.87. The van der Waals surface area contributed by atoms with Gasteiger partial charge in [-0.05, 0) is 19.3 Å². The fourth-order valence-corrected chi connectivity index (χ4v) is 2.29. The quantitative estimate of drug-likeness (QED) is 0.252. The van der Waals surface area contributed by atoms with Crippen molar-refractivity contribution in [2.75, 3.05) is 13.2 Å². The van der Waals surface area contributed by atoms with E-state index < -0.39 is 0 Å². The maximum absolute atomic E-state index is 5.87. The largest absolute Gasteiger partial charge is 0.353 e. The lowest BCUT2D eigenvalue weighted by Gasteiger charge is -2.18. The Balaban J connectivity index is 3.45. The Morgan fingerprint density at radius 1 is 0.550 bits per heavy atom. The molecule has 2 nitrogen and oxygen atoms in total. The molecule has 0 spiro atoms. The first kappa shape index (κ1) is 19.9. The molecule has 0 unspecified atom stereocenters. The van der Waals surface area contributed by atoms with Gasteiger partial charge >= 0.3 is 0 Å². The Morgan fingerprint density at radius 3 is 1.40 bits per heavy atom. The van der Waals surface area contributed by atoms with Crippen LogP contribution in [0.4, 0.5) is 0 Å². The molecule has 0 saturated carbocycles. The molecule has 0 fully saturated rings. The van der Waals surface area contributed by atoms with Crippen LogP contribution in [0.15, 0.2) is 0 Å². The Morgan fingerprint density at radius 2 is 1.00 bits per heavy atom. The first-order valence-electron chi connectivity index (χ1n) is 9.08. The summed E-state index contributed by atoms with van der Waals surface area (Å²) >= 11 is 0. The number of rotatable bonds is 16. The van der Waals surface area contributed by atoms with Crippen molar-refractivity contribution in [2.45, 2.75) is 104 Å². The third-order valence-corrected chi connectivity index (χ3v) is 3.63. The summed E-state index contributed by atoms with van der Waals surface area (Å²) < 4.78 is 11.7. The zero-order valence-corrected chi connectivity index (χ0v) is 14.3. The van der Waals surface area contributed by atoms with Crippen LogP contribution in [-0.4, -0.2) is 19.5 Å². The molecule has 122 valence electrons. The minimum absolute atomic E-state index is 0.0392. The summed E-state index contributed by atoms with van der Waals surface area (Å²) in [4.78, 5) is 0. The standard InChI is InChI=1S/C18H38O2/c1-4-7-9-11-13-16-19-18(15-6-3)20-17-14-12-10-8-5-2/h18H,4-17H2,1-3H3. The lowest BCUT2D eigenvalue weighted by atomic mass is 10.2. The summed E-state index contributed by atoms with van der Waals surface area (Å²) in [7, 11) is 0. The third-order valence-electron chi connectivity index (χ3n) is 3.63. The van der Waals surface area contributed by atoms with E-state index in [1.165, 1.54) is 64.2 Å². The van der Waals surface area contributed by atoms with Crippen LogP contribution in [0.25, 0.3) is 0 Å². The molecular formula is C18H38O2. The van der Waals surface area contributed by atoms with E-state index in [4.69, 9.17) is 9.47 Å². The van der Waals surface area contributed by atoms with Crippen molar-refractivity contribution in [3.05, 3.63) is 0 Å². The molecule has 0 aromatic heterocycles. The molecule has 2 heteroatoms. The average Bonchev–Trinajstić information content (AvgIpc) is 2.46. The maximum Gasteiger partial charge on any atom is 0.157 e. The summed E-state index contributed by atoms with van der Waals surface area (Å²) in [5.41, 5.74) is 0. The molecule has 0 aliphatic heterocycles.